The lowest BCUT2D eigenvalue weighted by Gasteiger charge is -2.38. The van der Waals surface area contributed by atoms with Crippen LogP contribution in [0.3, 0.4) is 0 Å². The Bertz CT molecular complexity index is 514. The van der Waals surface area contributed by atoms with Gasteiger partial charge in [-0.1, -0.05) is 30.1 Å². The number of carbonyl (C=O) groups excluding carboxylic acids is 1. The minimum Gasteiger partial charge on any atom is -0.394 e. The molecule has 0 heterocycles. The van der Waals surface area contributed by atoms with Crippen LogP contribution >= 0.6 is 23.2 Å². The Balaban J connectivity index is 2.01. The van der Waals surface area contributed by atoms with Gasteiger partial charge in [-0.05, 0) is 49.8 Å². The number of carbonyl (C=O) groups is 1. The van der Waals surface area contributed by atoms with Gasteiger partial charge in [-0.2, -0.15) is 0 Å². The SMILES string of the molecule is CC1CCC(CO)(NC(=O)Nc2cc(Cl)ccc2Cl)CC1. The molecule has 0 radical (unpaired) electrons. The van der Waals surface area contributed by atoms with Crippen LogP contribution in [0.5, 0.6) is 0 Å². The van der Waals surface area contributed by atoms with Crippen LogP contribution in [0, 0.1) is 5.92 Å². The molecule has 0 aromatic heterocycles. The van der Waals surface area contributed by atoms with Crippen LogP contribution in [0.2, 0.25) is 10.0 Å². The maximum absolute atomic E-state index is 12.2. The zero-order chi connectivity index (χ0) is 15.5. The number of anilines is 1. The maximum atomic E-state index is 12.2. The van der Waals surface area contributed by atoms with Crippen molar-refractivity contribution in [2.24, 2.45) is 5.92 Å². The largest absolute Gasteiger partial charge is 0.394 e. The van der Waals surface area contributed by atoms with Crippen LogP contribution in [0.1, 0.15) is 32.6 Å². The Hall–Kier alpha value is -0.970. The predicted molar refractivity (Wildman–Crippen MR) is 86.1 cm³/mol. The number of aliphatic hydroxyl groups excluding tert-OH is 1. The lowest BCUT2D eigenvalue weighted by atomic mass is 9.77. The number of amides is 2. The molecule has 1 aromatic rings. The van der Waals surface area contributed by atoms with Crippen LogP contribution < -0.4 is 10.6 Å². The lowest BCUT2D eigenvalue weighted by Crippen LogP contribution is -2.54. The monoisotopic (exact) mass is 330 g/mol. The summed E-state index contributed by atoms with van der Waals surface area (Å²) in [7, 11) is 0. The van der Waals surface area contributed by atoms with Crippen LogP contribution in [-0.4, -0.2) is 23.3 Å². The number of rotatable bonds is 3. The Morgan fingerprint density at radius 2 is 2.05 bits per heavy atom. The third-order valence-electron chi connectivity index (χ3n) is 4.09. The average molecular weight is 331 g/mol. The minimum absolute atomic E-state index is 0.0591. The van der Waals surface area contributed by atoms with Crippen molar-refractivity contribution in [1.82, 2.24) is 5.32 Å². The fourth-order valence-electron chi connectivity index (χ4n) is 2.63. The molecule has 0 atom stereocenters. The van der Waals surface area contributed by atoms with Crippen molar-refractivity contribution in [2.75, 3.05) is 11.9 Å². The van der Waals surface area contributed by atoms with Crippen molar-refractivity contribution >= 4 is 34.9 Å². The van der Waals surface area contributed by atoms with Crippen molar-refractivity contribution in [1.29, 1.82) is 0 Å². The van der Waals surface area contributed by atoms with Gasteiger partial charge in [0.05, 0.1) is 22.9 Å². The summed E-state index contributed by atoms with van der Waals surface area (Å²) in [5.41, 5.74) is -0.0827. The number of benzene rings is 1. The van der Waals surface area contributed by atoms with E-state index in [2.05, 4.69) is 17.6 Å². The van der Waals surface area contributed by atoms with Gasteiger partial charge in [0, 0.05) is 5.02 Å². The van der Waals surface area contributed by atoms with E-state index in [1.807, 2.05) is 0 Å². The summed E-state index contributed by atoms with van der Waals surface area (Å²) in [5, 5.41) is 16.2. The number of hydrogen-bond donors (Lipinski definition) is 3. The first-order chi connectivity index (χ1) is 9.94. The molecular formula is C15H20Cl2N2O2. The first kappa shape index (κ1) is 16.4. The fraction of sp³-hybridized carbons (Fsp3) is 0.533. The van der Waals surface area contributed by atoms with Gasteiger partial charge in [-0.25, -0.2) is 4.79 Å². The Labute approximate surface area is 134 Å². The normalized spacial score (nSPS) is 25.4. The smallest absolute Gasteiger partial charge is 0.319 e. The van der Waals surface area contributed by atoms with E-state index >= 15 is 0 Å². The van der Waals surface area contributed by atoms with Gasteiger partial charge in [0.1, 0.15) is 0 Å². The number of aliphatic hydroxyl groups is 1. The van der Waals surface area contributed by atoms with Crippen LogP contribution in [0.15, 0.2) is 18.2 Å². The molecule has 6 heteroatoms. The predicted octanol–water partition coefficient (Wildman–Crippen LogP) is 4.06. The highest BCUT2D eigenvalue weighted by molar-refractivity contribution is 6.35. The van der Waals surface area contributed by atoms with Gasteiger partial charge in [0.15, 0.2) is 0 Å². The van der Waals surface area contributed by atoms with E-state index < -0.39 is 5.54 Å². The van der Waals surface area contributed by atoms with E-state index in [1.54, 1.807) is 18.2 Å². The van der Waals surface area contributed by atoms with Gasteiger partial charge < -0.3 is 15.7 Å². The fourth-order valence-corrected chi connectivity index (χ4v) is 2.96. The van der Waals surface area contributed by atoms with Gasteiger partial charge in [0.2, 0.25) is 0 Å². The third-order valence-corrected chi connectivity index (χ3v) is 4.65. The second-order valence-corrected chi connectivity index (χ2v) is 6.67. The number of hydrogen-bond acceptors (Lipinski definition) is 2. The zero-order valence-corrected chi connectivity index (χ0v) is 13.5. The molecule has 1 aliphatic rings. The average Bonchev–Trinajstić information content (AvgIpc) is 2.46. The highest BCUT2D eigenvalue weighted by Gasteiger charge is 2.35. The highest BCUT2D eigenvalue weighted by Crippen LogP contribution is 2.32. The summed E-state index contributed by atoms with van der Waals surface area (Å²) < 4.78 is 0. The first-order valence-corrected chi connectivity index (χ1v) is 7.85. The molecule has 2 amide bonds. The molecule has 0 saturated heterocycles. The van der Waals surface area contributed by atoms with Crippen molar-refractivity contribution in [3.63, 3.8) is 0 Å². The lowest BCUT2D eigenvalue weighted by molar-refractivity contribution is 0.113. The maximum Gasteiger partial charge on any atom is 0.319 e. The molecule has 0 spiro atoms. The molecule has 0 unspecified atom stereocenters. The van der Waals surface area contributed by atoms with E-state index in [1.165, 1.54) is 0 Å². The third kappa shape index (κ3) is 4.25. The first-order valence-electron chi connectivity index (χ1n) is 7.09. The summed E-state index contributed by atoms with van der Waals surface area (Å²) in [5.74, 6) is 0.636. The molecule has 1 aromatic carbocycles. The van der Waals surface area contributed by atoms with Crippen LogP contribution in [-0.2, 0) is 0 Å². The second-order valence-electron chi connectivity index (χ2n) is 5.82. The molecule has 1 aliphatic carbocycles. The van der Waals surface area contributed by atoms with E-state index in [0.717, 1.165) is 25.7 Å². The van der Waals surface area contributed by atoms with E-state index in [9.17, 15) is 9.90 Å². The number of urea groups is 1. The van der Waals surface area contributed by atoms with Crippen molar-refractivity contribution in [3.05, 3.63) is 28.2 Å². The number of halogens is 2. The summed E-state index contributed by atoms with van der Waals surface area (Å²) in [6.07, 6.45) is 3.56. The van der Waals surface area contributed by atoms with E-state index in [-0.39, 0.29) is 12.6 Å². The van der Waals surface area contributed by atoms with Gasteiger partial charge in [-0.3, -0.25) is 0 Å². The van der Waals surface area contributed by atoms with Gasteiger partial charge >= 0.3 is 6.03 Å². The highest BCUT2D eigenvalue weighted by atomic mass is 35.5. The Morgan fingerprint density at radius 1 is 1.38 bits per heavy atom. The van der Waals surface area contributed by atoms with Crippen LogP contribution in [0.25, 0.3) is 0 Å². The molecule has 116 valence electrons. The summed E-state index contributed by atoms with van der Waals surface area (Å²) >= 11 is 11.9. The van der Waals surface area contributed by atoms with E-state index in [4.69, 9.17) is 23.2 Å². The van der Waals surface area contributed by atoms with E-state index in [0.29, 0.717) is 21.7 Å². The van der Waals surface area contributed by atoms with Crippen LogP contribution in [0.4, 0.5) is 10.5 Å². The van der Waals surface area contributed by atoms with Crippen molar-refractivity contribution < 1.29 is 9.90 Å². The van der Waals surface area contributed by atoms with Crippen molar-refractivity contribution in [3.8, 4) is 0 Å². The molecule has 4 nitrogen and oxygen atoms in total. The second kappa shape index (κ2) is 6.86. The number of nitrogens with one attached hydrogen (secondary N) is 2. The summed E-state index contributed by atoms with van der Waals surface area (Å²) in [4.78, 5) is 12.2. The Kier molecular flexibility index (Phi) is 5.36. The standard InChI is InChI=1S/C15H20Cl2N2O2/c1-10-4-6-15(9-20,7-5-10)19-14(21)18-13-8-11(16)2-3-12(13)17/h2-3,8,10,20H,4-7,9H2,1H3,(H2,18,19,21). The molecular weight excluding hydrogens is 311 g/mol. The van der Waals surface area contributed by atoms with Gasteiger partial charge in [-0.15, -0.1) is 0 Å². The molecule has 21 heavy (non-hydrogen) atoms. The van der Waals surface area contributed by atoms with Gasteiger partial charge in [0.25, 0.3) is 0 Å². The Morgan fingerprint density at radius 3 is 2.67 bits per heavy atom. The zero-order valence-electron chi connectivity index (χ0n) is 12.0. The molecule has 3 N–H and O–H groups in total. The molecule has 1 saturated carbocycles. The minimum atomic E-state index is -0.540. The molecule has 0 aliphatic heterocycles. The summed E-state index contributed by atoms with van der Waals surface area (Å²) in [6, 6.07) is 4.51. The topological polar surface area (TPSA) is 61.4 Å². The quantitative estimate of drug-likeness (QED) is 0.782. The molecule has 1 fully saturated rings. The molecule has 0 bridgehead atoms. The molecule has 2 rings (SSSR count). The summed E-state index contributed by atoms with van der Waals surface area (Å²) in [6.45, 7) is 2.13. The van der Waals surface area contributed by atoms with Crippen molar-refractivity contribution in [2.45, 2.75) is 38.1 Å².